The predicted molar refractivity (Wildman–Crippen MR) is 74.1 cm³/mol. The number of para-hydroxylation sites is 1. The lowest BCUT2D eigenvalue weighted by Crippen LogP contribution is -1.93. The van der Waals surface area contributed by atoms with Gasteiger partial charge in [-0.1, -0.05) is 50.0 Å². The van der Waals surface area contributed by atoms with Crippen molar-refractivity contribution in [3.63, 3.8) is 0 Å². The average molecular weight is 227 g/mol. The average Bonchev–Trinajstić information content (AvgIpc) is 2.99. The van der Waals surface area contributed by atoms with Gasteiger partial charge in [-0.05, 0) is 30.4 Å². The third kappa shape index (κ3) is 2.38. The Bertz CT molecular complexity index is 413. The molecule has 1 N–H and O–H groups in total. The molecule has 0 unspecified atom stereocenters. The molecule has 3 rings (SSSR count). The fourth-order valence-corrected chi connectivity index (χ4v) is 3.18. The van der Waals surface area contributed by atoms with Crippen LogP contribution in [-0.2, 0) is 0 Å². The molecule has 1 saturated carbocycles. The highest BCUT2D eigenvalue weighted by Crippen LogP contribution is 2.32. The maximum absolute atomic E-state index is 3.46. The summed E-state index contributed by atoms with van der Waals surface area (Å²) in [5, 5.41) is 3.46. The number of fused-ring (bicyclic) bond motifs is 1. The molecule has 0 saturated heterocycles. The van der Waals surface area contributed by atoms with E-state index < -0.39 is 0 Å². The van der Waals surface area contributed by atoms with E-state index in [1.165, 1.54) is 55.3 Å². The van der Waals surface area contributed by atoms with Crippen LogP contribution in [0.4, 0.5) is 5.69 Å². The molecule has 2 aliphatic rings. The second kappa shape index (κ2) is 4.95. The quantitative estimate of drug-likeness (QED) is 0.803. The van der Waals surface area contributed by atoms with E-state index in [0.717, 1.165) is 12.5 Å². The summed E-state index contributed by atoms with van der Waals surface area (Å²) in [6.45, 7) is 1.02. The highest BCUT2D eigenvalue weighted by molar-refractivity contribution is 5.84. The van der Waals surface area contributed by atoms with Gasteiger partial charge in [0, 0.05) is 17.8 Å². The van der Waals surface area contributed by atoms with Gasteiger partial charge in [-0.2, -0.15) is 0 Å². The Morgan fingerprint density at radius 2 is 2.00 bits per heavy atom. The highest BCUT2D eigenvalue weighted by atomic mass is 14.9. The van der Waals surface area contributed by atoms with E-state index in [0.29, 0.717) is 0 Å². The first-order valence-corrected chi connectivity index (χ1v) is 6.96. The number of nitrogens with one attached hydrogen (secondary N) is 1. The van der Waals surface area contributed by atoms with Crippen molar-refractivity contribution < 1.29 is 0 Å². The summed E-state index contributed by atoms with van der Waals surface area (Å²) >= 11 is 0. The Hall–Kier alpha value is -1.24. The minimum atomic E-state index is 1.01. The van der Waals surface area contributed by atoms with Crippen LogP contribution in [0.2, 0.25) is 0 Å². The van der Waals surface area contributed by atoms with E-state index in [4.69, 9.17) is 0 Å². The minimum absolute atomic E-state index is 1.01. The molecule has 1 aliphatic carbocycles. The molecule has 1 aromatic rings. The molecule has 0 atom stereocenters. The van der Waals surface area contributed by atoms with E-state index in [2.05, 4.69) is 35.7 Å². The first kappa shape index (κ1) is 10.9. The summed E-state index contributed by atoms with van der Waals surface area (Å²) < 4.78 is 0. The van der Waals surface area contributed by atoms with Crippen LogP contribution in [0.3, 0.4) is 0 Å². The van der Waals surface area contributed by atoms with Gasteiger partial charge in [0.1, 0.15) is 0 Å². The summed E-state index contributed by atoms with van der Waals surface area (Å²) in [5.41, 5.74) is 4.22. The zero-order valence-corrected chi connectivity index (χ0v) is 10.4. The molecule has 0 amide bonds. The lowest BCUT2D eigenvalue weighted by molar-refractivity contribution is 0.509. The van der Waals surface area contributed by atoms with Gasteiger partial charge in [0.05, 0.1) is 0 Å². The molecule has 1 aromatic carbocycles. The van der Waals surface area contributed by atoms with Crippen LogP contribution in [0.5, 0.6) is 0 Å². The Morgan fingerprint density at radius 1 is 1.18 bits per heavy atom. The molecule has 1 heteroatoms. The molecule has 0 radical (unpaired) electrons. The molecular weight excluding hydrogens is 206 g/mol. The molecule has 1 nitrogen and oxygen atoms in total. The highest BCUT2D eigenvalue weighted by Gasteiger charge is 2.16. The maximum atomic E-state index is 3.46. The van der Waals surface area contributed by atoms with Crippen LogP contribution in [-0.4, -0.2) is 6.54 Å². The predicted octanol–water partition coefficient (Wildman–Crippen LogP) is 4.47. The topological polar surface area (TPSA) is 12.0 Å². The molecule has 17 heavy (non-hydrogen) atoms. The minimum Gasteiger partial charge on any atom is -0.380 e. The molecule has 0 spiro atoms. The molecule has 90 valence electrons. The van der Waals surface area contributed by atoms with Gasteiger partial charge >= 0.3 is 0 Å². The van der Waals surface area contributed by atoms with Crippen molar-refractivity contribution in [3.8, 4) is 0 Å². The third-order valence-corrected chi connectivity index (χ3v) is 4.18. The monoisotopic (exact) mass is 227 g/mol. The summed E-state index contributed by atoms with van der Waals surface area (Å²) in [6, 6.07) is 8.65. The van der Waals surface area contributed by atoms with Gasteiger partial charge in [-0.3, -0.25) is 0 Å². The lowest BCUT2D eigenvalue weighted by Gasteiger charge is -2.06. The maximum Gasteiger partial charge on any atom is 0.0419 e. The zero-order chi connectivity index (χ0) is 11.5. The van der Waals surface area contributed by atoms with Crippen LogP contribution < -0.4 is 5.32 Å². The molecule has 1 aliphatic heterocycles. The second-order valence-electron chi connectivity index (χ2n) is 5.36. The summed E-state index contributed by atoms with van der Waals surface area (Å²) in [6.07, 6.45) is 11.0. The van der Waals surface area contributed by atoms with Crippen molar-refractivity contribution in [1.82, 2.24) is 0 Å². The largest absolute Gasteiger partial charge is 0.380 e. The fourth-order valence-electron chi connectivity index (χ4n) is 3.18. The zero-order valence-electron chi connectivity index (χ0n) is 10.4. The van der Waals surface area contributed by atoms with Crippen molar-refractivity contribution in [2.45, 2.75) is 38.5 Å². The van der Waals surface area contributed by atoms with E-state index in [1.807, 2.05) is 0 Å². The molecule has 1 heterocycles. The van der Waals surface area contributed by atoms with Crippen LogP contribution in [0.1, 0.15) is 44.1 Å². The Balaban J connectivity index is 1.61. The van der Waals surface area contributed by atoms with Crippen molar-refractivity contribution >= 4 is 11.3 Å². The van der Waals surface area contributed by atoms with E-state index >= 15 is 0 Å². The van der Waals surface area contributed by atoms with Crippen LogP contribution in [0, 0.1) is 5.92 Å². The van der Waals surface area contributed by atoms with Gasteiger partial charge in [-0.25, -0.2) is 0 Å². The fraction of sp³-hybridized carbons (Fsp3) is 0.500. The van der Waals surface area contributed by atoms with Gasteiger partial charge in [0.15, 0.2) is 0 Å². The van der Waals surface area contributed by atoms with E-state index in [9.17, 15) is 0 Å². The molecular formula is C16H21N. The summed E-state index contributed by atoms with van der Waals surface area (Å²) in [5.74, 6) is 1.01. The summed E-state index contributed by atoms with van der Waals surface area (Å²) in [7, 11) is 0. The van der Waals surface area contributed by atoms with Gasteiger partial charge in [0.2, 0.25) is 0 Å². The number of benzene rings is 1. The number of anilines is 1. The second-order valence-corrected chi connectivity index (χ2v) is 5.36. The Morgan fingerprint density at radius 3 is 2.88 bits per heavy atom. The standard InChI is InChI=1S/C16H21N/c1-2-7-13(6-1)8-5-9-14-12-17-16-11-4-3-10-15(14)16/h3-4,9-11,13,17H,1-2,5-8,12H2. The Labute approximate surface area is 104 Å². The Kier molecular flexibility index (Phi) is 3.17. The molecule has 0 aromatic heterocycles. The SMILES string of the molecule is C(CCC1CCCC1)=C1CNc2ccccc21. The smallest absolute Gasteiger partial charge is 0.0419 e. The van der Waals surface area contributed by atoms with Crippen molar-refractivity contribution in [3.05, 3.63) is 35.9 Å². The van der Waals surface area contributed by atoms with Crippen LogP contribution in [0.15, 0.2) is 30.3 Å². The number of hydrogen-bond acceptors (Lipinski definition) is 1. The van der Waals surface area contributed by atoms with E-state index in [1.54, 1.807) is 0 Å². The van der Waals surface area contributed by atoms with Crippen molar-refractivity contribution in [2.24, 2.45) is 5.92 Å². The first-order chi connectivity index (χ1) is 8.43. The number of rotatable bonds is 3. The molecule has 0 bridgehead atoms. The summed E-state index contributed by atoms with van der Waals surface area (Å²) in [4.78, 5) is 0. The van der Waals surface area contributed by atoms with Crippen LogP contribution in [0.25, 0.3) is 5.57 Å². The van der Waals surface area contributed by atoms with Gasteiger partial charge < -0.3 is 5.32 Å². The first-order valence-electron chi connectivity index (χ1n) is 6.96. The van der Waals surface area contributed by atoms with E-state index in [-0.39, 0.29) is 0 Å². The number of allylic oxidation sites excluding steroid dienone is 1. The van der Waals surface area contributed by atoms with Gasteiger partial charge in [-0.15, -0.1) is 0 Å². The van der Waals surface area contributed by atoms with Crippen molar-refractivity contribution in [1.29, 1.82) is 0 Å². The number of hydrogen-bond donors (Lipinski definition) is 1. The lowest BCUT2D eigenvalue weighted by atomic mass is 9.99. The molecule has 1 fully saturated rings. The normalized spacial score (nSPS) is 21.8. The van der Waals surface area contributed by atoms with Crippen molar-refractivity contribution in [2.75, 3.05) is 11.9 Å². The third-order valence-electron chi connectivity index (χ3n) is 4.18. The van der Waals surface area contributed by atoms with Crippen LogP contribution >= 0.6 is 0 Å². The van der Waals surface area contributed by atoms with Gasteiger partial charge in [0.25, 0.3) is 0 Å².